The van der Waals surface area contributed by atoms with Gasteiger partial charge in [-0.05, 0) is 37.3 Å². The molecule has 0 atom stereocenters. The molecule has 0 spiro atoms. The van der Waals surface area contributed by atoms with E-state index in [0.717, 1.165) is 5.75 Å². The van der Waals surface area contributed by atoms with Crippen molar-refractivity contribution in [1.29, 1.82) is 0 Å². The van der Waals surface area contributed by atoms with Gasteiger partial charge in [-0.15, -0.1) is 0 Å². The summed E-state index contributed by atoms with van der Waals surface area (Å²) >= 11 is 0. The van der Waals surface area contributed by atoms with E-state index in [1.54, 1.807) is 0 Å². The SMILES string of the molecule is C[Si](C)(C)Oc1ccc2cc1-2.O=S(=O)(O)C(F)(F)F. The molecule has 0 saturated carbocycles. The minimum absolute atomic E-state index is 1.10. The number of alkyl halides is 3. The molecule has 0 unspecified atom stereocenters. The number of halogens is 3. The van der Waals surface area contributed by atoms with Gasteiger partial charge in [0.15, 0.2) is 0 Å². The van der Waals surface area contributed by atoms with Crippen molar-refractivity contribution in [3.05, 3.63) is 18.2 Å². The Balaban J connectivity index is 0.000000203. The van der Waals surface area contributed by atoms with Crippen LogP contribution in [0.2, 0.25) is 19.6 Å². The predicted molar refractivity (Wildman–Crippen MR) is 67.0 cm³/mol. The highest BCUT2D eigenvalue weighted by atomic mass is 32.2. The number of hydrogen-bond acceptors (Lipinski definition) is 3. The van der Waals surface area contributed by atoms with Crippen molar-refractivity contribution in [3.63, 3.8) is 0 Å². The van der Waals surface area contributed by atoms with Crippen LogP contribution in [0.25, 0.3) is 11.1 Å². The fourth-order valence-corrected chi connectivity index (χ4v) is 1.98. The lowest BCUT2D eigenvalue weighted by Crippen LogP contribution is -2.29. The molecule has 2 aliphatic rings. The normalized spacial score (nSPS) is 13.4. The van der Waals surface area contributed by atoms with Gasteiger partial charge in [-0.1, -0.05) is 6.07 Å². The molecule has 0 fully saturated rings. The molecule has 4 nitrogen and oxygen atoms in total. The fraction of sp³-hybridized carbons (Fsp3) is 0.400. The van der Waals surface area contributed by atoms with Crippen LogP contribution >= 0.6 is 0 Å². The van der Waals surface area contributed by atoms with Gasteiger partial charge in [-0.2, -0.15) is 21.6 Å². The van der Waals surface area contributed by atoms with Gasteiger partial charge in [0.25, 0.3) is 0 Å². The van der Waals surface area contributed by atoms with Crippen LogP contribution < -0.4 is 4.43 Å². The molecule has 108 valence electrons. The first-order valence-electron chi connectivity index (χ1n) is 5.18. The second-order valence-corrected chi connectivity index (χ2v) is 10.7. The van der Waals surface area contributed by atoms with E-state index >= 15 is 0 Å². The third-order valence-corrected chi connectivity index (χ3v) is 3.33. The highest BCUT2D eigenvalue weighted by molar-refractivity contribution is 7.86. The topological polar surface area (TPSA) is 63.6 Å². The lowest BCUT2D eigenvalue weighted by atomic mass is 10.5. The molecule has 0 radical (unpaired) electrons. The lowest BCUT2D eigenvalue weighted by Gasteiger charge is -2.17. The Labute approximate surface area is 110 Å². The number of hydrogen-bond donors (Lipinski definition) is 1. The van der Waals surface area contributed by atoms with Gasteiger partial charge >= 0.3 is 15.6 Å². The van der Waals surface area contributed by atoms with E-state index in [4.69, 9.17) is 17.4 Å². The largest absolute Gasteiger partial charge is 0.544 e. The summed E-state index contributed by atoms with van der Waals surface area (Å²) in [6.45, 7) is 6.61. The van der Waals surface area contributed by atoms with Crippen molar-refractivity contribution in [3.8, 4) is 16.9 Å². The van der Waals surface area contributed by atoms with Crippen molar-refractivity contribution in [2.75, 3.05) is 0 Å². The van der Waals surface area contributed by atoms with E-state index in [9.17, 15) is 13.2 Å². The molecule has 0 bridgehead atoms. The first-order valence-corrected chi connectivity index (χ1v) is 10.0. The molecule has 1 N–H and O–H groups in total. The molecule has 19 heavy (non-hydrogen) atoms. The molecule has 2 rings (SSSR count). The van der Waals surface area contributed by atoms with E-state index in [2.05, 4.69) is 37.8 Å². The van der Waals surface area contributed by atoms with Crippen LogP contribution in [-0.2, 0) is 10.1 Å². The zero-order valence-electron chi connectivity index (χ0n) is 10.4. The summed E-state index contributed by atoms with van der Waals surface area (Å²) in [5.41, 5.74) is -2.85. The van der Waals surface area contributed by atoms with Crippen molar-refractivity contribution < 1.29 is 30.6 Å². The first kappa shape index (κ1) is 16.0. The van der Waals surface area contributed by atoms with Crippen LogP contribution in [0, 0.1) is 0 Å². The maximum Gasteiger partial charge on any atom is 0.522 e. The molecule has 0 saturated heterocycles. The van der Waals surface area contributed by atoms with Gasteiger partial charge in [-0.25, -0.2) is 0 Å². The Kier molecular flexibility index (Phi) is 4.04. The Morgan fingerprint density at radius 3 is 1.89 bits per heavy atom. The molecule has 0 aliphatic heterocycles. The van der Waals surface area contributed by atoms with Crippen LogP contribution in [0.15, 0.2) is 18.2 Å². The maximum atomic E-state index is 10.7. The Morgan fingerprint density at radius 1 is 1.21 bits per heavy atom. The second kappa shape index (κ2) is 4.80. The molecule has 0 amide bonds. The van der Waals surface area contributed by atoms with Gasteiger partial charge in [0.05, 0.1) is 0 Å². The predicted octanol–water partition coefficient (Wildman–Crippen LogP) is 3.27. The zero-order chi connectivity index (χ0) is 15.1. The highest BCUT2D eigenvalue weighted by Crippen LogP contribution is 2.44. The van der Waals surface area contributed by atoms with Gasteiger partial charge in [0, 0.05) is 5.56 Å². The summed E-state index contributed by atoms with van der Waals surface area (Å²) in [6, 6.07) is 6.35. The fourth-order valence-electron chi connectivity index (χ4n) is 1.14. The van der Waals surface area contributed by atoms with Crippen LogP contribution in [0.1, 0.15) is 0 Å². The summed E-state index contributed by atoms with van der Waals surface area (Å²) in [7, 11) is -7.22. The molecule has 0 heterocycles. The lowest BCUT2D eigenvalue weighted by molar-refractivity contribution is -0.0510. The molecule has 9 heteroatoms. The van der Waals surface area contributed by atoms with Gasteiger partial charge in [0.2, 0.25) is 8.32 Å². The molecule has 0 aromatic carbocycles. The third-order valence-electron chi connectivity index (χ3n) is 1.92. The summed E-state index contributed by atoms with van der Waals surface area (Å²) < 4.78 is 63.4. The summed E-state index contributed by atoms with van der Waals surface area (Å²) in [5, 5.41) is 0. The molecule has 0 aromatic heterocycles. The molecular weight excluding hydrogens is 301 g/mol. The van der Waals surface area contributed by atoms with Crippen LogP contribution in [-0.4, -0.2) is 26.8 Å². The van der Waals surface area contributed by atoms with Crippen LogP contribution in [0.3, 0.4) is 0 Å². The average molecular weight is 314 g/mol. The van der Waals surface area contributed by atoms with Crippen molar-refractivity contribution in [1.82, 2.24) is 0 Å². The van der Waals surface area contributed by atoms with Gasteiger partial charge in [-0.3, -0.25) is 4.55 Å². The maximum absolute atomic E-state index is 10.7. The number of benzene rings is 1. The second-order valence-electron chi connectivity index (χ2n) is 4.85. The van der Waals surface area contributed by atoms with E-state index in [0.29, 0.717) is 0 Å². The zero-order valence-corrected chi connectivity index (χ0v) is 12.3. The summed E-state index contributed by atoms with van der Waals surface area (Å²) in [5.74, 6) is 1.10. The summed E-state index contributed by atoms with van der Waals surface area (Å²) in [4.78, 5) is 0. The minimum Gasteiger partial charge on any atom is -0.544 e. The Hall–Kier alpha value is -1.06. The Morgan fingerprint density at radius 2 is 1.68 bits per heavy atom. The average Bonchev–Trinajstić information content (AvgIpc) is 2.80. The van der Waals surface area contributed by atoms with Gasteiger partial charge < -0.3 is 4.43 Å². The highest BCUT2D eigenvalue weighted by Gasteiger charge is 2.44. The quantitative estimate of drug-likeness (QED) is 0.525. The number of rotatable bonds is 2. The Bertz CT molecular complexity index is 575. The number of fused-ring (bicyclic) bond motifs is 1. The molecule has 2 aliphatic carbocycles. The van der Waals surface area contributed by atoms with Crippen LogP contribution in [0.5, 0.6) is 5.75 Å². The minimum atomic E-state index is -5.84. The third kappa shape index (κ3) is 4.84. The monoisotopic (exact) mass is 314 g/mol. The smallest absolute Gasteiger partial charge is 0.522 e. The van der Waals surface area contributed by atoms with E-state index < -0.39 is 23.9 Å². The van der Waals surface area contributed by atoms with E-state index in [-0.39, 0.29) is 0 Å². The van der Waals surface area contributed by atoms with E-state index in [1.165, 1.54) is 11.1 Å². The summed E-state index contributed by atoms with van der Waals surface area (Å²) in [6.07, 6.45) is 0. The van der Waals surface area contributed by atoms with Crippen molar-refractivity contribution in [2.24, 2.45) is 0 Å². The first-order chi connectivity index (χ1) is 8.31. The van der Waals surface area contributed by atoms with Gasteiger partial charge in [0.1, 0.15) is 5.75 Å². The van der Waals surface area contributed by atoms with Crippen LogP contribution in [0.4, 0.5) is 13.2 Å². The van der Waals surface area contributed by atoms with Crippen molar-refractivity contribution in [2.45, 2.75) is 25.1 Å². The van der Waals surface area contributed by atoms with E-state index in [1.807, 2.05) is 0 Å². The standard InChI is InChI=1S/C9H12OSi.CHF3O3S/c1-11(2,3)10-9-5-4-7-6-8(7)9;2-1(3,4)8(5,6)7/h4-6H,1-3H3;(H,5,6,7). The molecular formula is C10H13F3O4SSi. The molecule has 0 aromatic rings. The van der Waals surface area contributed by atoms with Crippen molar-refractivity contribution >= 4 is 18.4 Å².